The van der Waals surface area contributed by atoms with Gasteiger partial charge in [0.25, 0.3) is 0 Å². The highest BCUT2D eigenvalue weighted by Crippen LogP contribution is 2.20. The Morgan fingerprint density at radius 3 is 0.800 bits per heavy atom. The molecule has 85 heavy (non-hydrogen) atoms. The second kappa shape index (κ2) is 75.1. The number of hydrogen-bond donors (Lipinski definition) is 3. The van der Waals surface area contributed by atoms with Crippen molar-refractivity contribution in [1.29, 1.82) is 0 Å². The standard InChI is InChI=1S/C79H155NO5/c1-3-5-7-9-11-13-15-17-19-21-22-36-40-43-47-51-55-59-63-67-71-77(82)76(75-81)80-78(83)72-68-64-60-56-52-48-44-41-37-34-32-30-28-26-24-23-25-27-29-31-33-35-38-42-46-50-54-58-62-66-70-74-85-79(84)73-69-65-61-57-53-49-45-39-20-18-16-14-12-10-8-6-4-2/h67,71,76-77,81-82H,3-66,68-70,72-75H2,1-2H3,(H,80,83)/b71-67+. The largest absolute Gasteiger partial charge is 0.466 e. The minimum atomic E-state index is -0.842. The second-order valence-corrected chi connectivity index (χ2v) is 27.4. The summed E-state index contributed by atoms with van der Waals surface area (Å²) in [5.41, 5.74) is 0. The van der Waals surface area contributed by atoms with Crippen molar-refractivity contribution in [1.82, 2.24) is 5.32 Å². The lowest BCUT2D eigenvalue weighted by Gasteiger charge is -2.20. The second-order valence-electron chi connectivity index (χ2n) is 27.4. The predicted molar refractivity (Wildman–Crippen MR) is 375 cm³/mol. The van der Waals surface area contributed by atoms with E-state index < -0.39 is 12.1 Å². The van der Waals surface area contributed by atoms with Gasteiger partial charge in [0.2, 0.25) is 5.91 Å². The topological polar surface area (TPSA) is 95.9 Å². The van der Waals surface area contributed by atoms with E-state index in [1.807, 2.05) is 6.08 Å². The first-order chi connectivity index (χ1) is 42.0. The molecule has 0 saturated heterocycles. The van der Waals surface area contributed by atoms with Crippen molar-refractivity contribution in [3.05, 3.63) is 12.2 Å². The molecule has 0 aliphatic rings. The van der Waals surface area contributed by atoms with Gasteiger partial charge >= 0.3 is 5.97 Å². The number of aliphatic hydroxyl groups excluding tert-OH is 2. The summed E-state index contributed by atoms with van der Waals surface area (Å²) in [5, 5.41) is 23.3. The molecule has 0 heterocycles. The van der Waals surface area contributed by atoms with E-state index in [4.69, 9.17) is 4.74 Å². The van der Waals surface area contributed by atoms with Crippen molar-refractivity contribution in [3.63, 3.8) is 0 Å². The Bertz CT molecular complexity index is 1290. The molecule has 0 radical (unpaired) electrons. The maximum atomic E-state index is 12.5. The predicted octanol–water partition coefficient (Wildman–Crippen LogP) is 25.9. The van der Waals surface area contributed by atoms with Crippen LogP contribution in [0.4, 0.5) is 0 Å². The number of nitrogens with one attached hydrogen (secondary N) is 1. The number of allylic oxidation sites excluding steroid dienone is 1. The van der Waals surface area contributed by atoms with Crippen LogP contribution in [0.25, 0.3) is 0 Å². The molecular formula is C79H155NO5. The smallest absolute Gasteiger partial charge is 0.305 e. The van der Waals surface area contributed by atoms with Crippen molar-refractivity contribution in [2.75, 3.05) is 13.2 Å². The van der Waals surface area contributed by atoms with Gasteiger partial charge in [-0.2, -0.15) is 0 Å². The number of aliphatic hydroxyl groups is 2. The molecule has 0 spiro atoms. The van der Waals surface area contributed by atoms with Crippen LogP contribution in [0.3, 0.4) is 0 Å². The van der Waals surface area contributed by atoms with Gasteiger partial charge in [0.1, 0.15) is 0 Å². The third kappa shape index (κ3) is 71.6. The van der Waals surface area contributed by atoms with Gasteiger partial charge in [-0.1, -0.05) is 424 Å². The van der Waals surface area contributed by atoms with Crippen LogP contribution in [0.2, 0.25) is 0 Å². The van der Waals surface area contributed by atoms with Gasteiger partial charge in [-0.05, 0) is 32.1 Å². The van der Waals surface area contributed by atoms with Gasteiger partial charge in [0.05, 0.1) is 25.4 Å². The van der Waals surface area contributed by atoms with Gasteiger partial charge in [-0.15, -0.1) is 0 Å². The molecule has 0 aromatic heterocycles. The van der Waals surface area contributed by atoms with Crippen molar-refractivity contribution < 1.29 is 24.5 Å². The van der Waals surface area contributed by atoms with E-state index in [0.29, 0.717) is 19.4 Å². The molecule has 0 bridgehead atoms. The van der Waals surface area contributed by atoms with Crippen LogP contribution in [0.15, 0.2) is 12.2 Å². The summed E-state index contributed by atoms with van der Waals surface area (Å²) in [6.07, 6.45) is 94.8. The Kier molecular flexibility index (Phi) is 73.8. The number of hydrogen-bond acceptors (Lipinski definition) is 5. The molecule has 2 atom stereocenters. The van der Waals surface area contributed by atoms with Gasteiger partial charge in [0.15, 0.2) is 0 Å². The highest BCUT2D eigenvalue weighted by Gasteiger charge is 2.18. The number of rotatable bonds is 75. The first-order valence-corrected chi connectivity index (χ1v) is 39.5. The number of carbonyl (C=O) groups is 2. The van der Waals surface area contributed by atoms with Crippen molar-refractivity contribution in [3.8, 4) is 0 Å². The lowest BCUT2D eigenvalue weighted by Crippen LogP contribution is -2.45. The SMILES string of the molecule is CCCCCCCCCCCCCCCCCCCC/C=C/C(O)C(CO)NC(=O)CCCCCCCCCCCCCCCCCCCCCCCCCCCCCCCCCOC(=O)CCCCCCCCCCCCCCCCCCC. The fourth-order valence-corrected chi connectivity index (χ4v) is 12.8. The average molecular weight is 1200 g/mol. The minimum absolute atomic E-state index is 0.0256. The number of ether oxygens (including phenoxy) is 1. The normalized spacial score (nSPS) is 12.5. The number of amides is 1. The molecule has 0 aromatic carbocycles. The van der Waals surface area contributed by atoms with E-state index in [-0.39, 0.29) is 18.5 Å². The molecule has 1 amide bonds. The van der Waals surface area contributed by atoms with Gasteiger partial charge < -0.3 is 20.3 Å². The number of unbranched alkanes of at least 4 members (excludes halogenated alkanes) is 64. The molecule has 3 N–H and O–H groups in total. The summed E-state index contributed by atoms with van der Waals surface area (Å²) in [6, 6.07) is -0.625. The first-order valence-electron chi connectivity index (χ1n) is 39.5. The van der Waals surface area contributed by atoms with Crippen LogP contribution in [0.1, 0.15) is 457 Å². The van der Waals surface area contributed by atoms with Crippen LogP contribution in [0.5, 0.6) is 0 Å². The van der Waals surface area contributed by atoms with E-state index in [9.17, 15) is 19.8 Å². The zero-order valence-electron chi connectivity index (χ0n) is 58.1. The van der Waals surface area contributed by atoms with Crippen LogP contribution in [-0.2, 0) is 14.3 Å². The molecule has 506 valence electrons. The summed E-state index contributed by atoms with van der Waals surface area (Å²) >= 11 is 0. The molecule has 0 aromatic rings. The van der Waals surface area contributed by atoms with Gasteiger partial charge in [-0.3, -0.25) is 9.59 Å². The summed E-state index contributed by atoms with van der Waals surface area (Å²) in [4.78, 5) is 24.6. The molecule has 0 aliphatic heterocycles. The molecular weight excluding hydrogens is 1040 g/mol. The zero-order chi connectivity index (χ0) is 61.3. The Morgan fingerprint density at radius 2 is 0.541 bits per heavy atom. The fourth-order valence-electron chi connectivity index (χ4n) is 12.8. The first kappa shape index (κ1) is 83.6. The Labute approximate surface area is 533 Å². The monoisotopic (exact) mass is 1200 g/mol. The number of carbonyl (C=O) groups excluding carboxylic acids is 2. The zero-order valence-corrected chi connectivity index (χ0v) is 58.1. The van der Waals surface area contributed by atoms with E-state index in [0.717, 1.165) is 38.5 Å². The molecule has 6 nitrogen and oxygen atoms in total. The van der Waals surface area contributed by atoms with Gasteiger partial charge in [0, 0.05) is 12.8 Å². The van der Waals surface area contributed by atoms with Crippen LogP contribution in [0, 0.1) is 0 Å². The molecule has 0 saturated carbocycles. The third-order valence-electron chi connectivity index (χ3n) is 18.8. The summed E-state index contributed by atoms with van der Waals surface area (Å²) < 4.78 is 5.52. The van der Waals surface area contributed by atoms with Crippen molar-refractivity contribution >= 4 is 11.9 Å². The van der Waals surface area contributed by atoms with E-state index in [1.165, 1.54) is 392 Å². The summed E-state index contributed by atoms with van der Waals surface area (Å²) in [5.74, 6) is -0.0331. The maximum Gasteiger partial charge on any atom is 0.305 e. The van der Waals surface area contributed by atoms with Gasteiger partial charge in [-0.25, -0.2) is 0 Å². The maximum absolute atomic E-state index is 12.5. The Morgan fingerprint density at radius 1 is 0.318 bits per heavy atom. The Hall–Kier alpha value is -1.40. The highest BCUT2D eigenvalue weighted by molar-refractivity contribution is 5.76. The molecule has 0 aliphatic carbocycles. The van der Waals surface area contributed by atoms with Crippen LogP contribution >= 0.6 is 0 Å². The van der Waals surface area contributed by atoms with E-state index in [2.05, 4.69) is 19.2 Å². The fraction of sp³-hybridized carbons (Fsp3) is 0.949. The van der Waals surface area contributed by atoms with Crippen molar-refractivity contribution in [2.24, 2.45) is 0 Å². The molecule has 6 heteroatoms. The average Bonchev–Trinajstić information content (AvgIpc) is 3.51. The summed E-state index contributed by atoms with van der Waals surface area (Å²) in [7, 11) is 0. The van der Waals surface area contributed by atoms with Crippen LogP contribution in [-0.4, -0.2) is 47.4 Å². The highest BCUT2D eigenvalue weighted by atomic mass is 16.5. The quantitative estimate of drug-likeness (QED) is 0.0320. The van der Waals surface area contributed by atoms with E-state index in [1.54, 1.807) is 6.08 Å². The summed E-state index contributed by atoms with van der Waals surface area (Å²) in [6.45, 7) is 4.97. The number of esters is 1. The lowest BCUT2D eigenvalue weighted by atomic mass is 10.0. The van der Waals surface area contributed by atoms with Crippen molar-refractivity contribution in [2.45, 2.75) is 469 Å². The van der Waals surface area contributed by atoms with Crippen LogP contribution < -0.4 is 5.32 Å². The van der Waals surface area contributed by atoms with E-state index >= 15 is 0 Å². The third-order valence-corrected chi connectivity index (χ3v) is 18.8. The lowest BCUT2D eigenvalue weighted by molar-refractivity contribution is -0.143. The molecule has 0 rings (SSSR count). The Balaban J connectivity index is 3.33. The minimum Gasteiger partial charge on any atom is -0.466 e. The molecule has 2 unspecified atom stereocenters. The molecule has 0 fully saturated rings.